The van der Waals surface area contributed by atoms with Crippen LogP contribution >= 0.6 is 0 Å². The fourth-order valence-electron chi connectivity index (χ4n) is 3.53. The zero-order valence-electron chi connectivity index (χ0n) is 15.6. The minimum absolute atomic E-state index is 0.286. The molecule has 0 radical (unpaired) electrons. The molecule has 1 saturated carbocycles. The molecule has 136 valence electrons. The molecule has 0 aliphatic heterocycles. The van der Waals surface area contributed by atoms with E-state index in [9.17, 15) is 0 Å². The van der Waals surface area contributed by atoms with Crippen LogP contribution < -0.4 is 9.47 Å². The minimum atomic E-state index is 0.286. The second-order valence-corrected chi connectivity index (χ2v) is 7.21. The van der Waals surface area contributed by atoms with Crippen molar-refractivity contribution >= 4 is 5.65 Å². The fraction of sp³-hybridized carbons (Fsp3) is 0.429. The quantitative estimate of drug-likeness (QED) is 0.659. The van der Waals surface area contributed by atoms with Gasteiger partial charge in [0.15, 0.2) is 17.1 Å². The van der Waals surface area contributed by atoms with Crippen molar-refractivity contribution in [3.63, 3.8) is 0 Å². The summed E-state index contributed by atoms with van der Waals surface area (Å²) in [6.07, 6.45) is 6.83. The summed E-state index contributed by atoms with van der Waals surface area (Å²) in [4.78, 5) is 4.45. The Hall–Kier alpha value is -2.56. The van der Waals surface area contributed by atoms with Gasteiger partial charge in [-0.3, -0.25) is 0 Å². The van der Waals surface area contributed by atoms with Crippen LogP contribution in [0.1, 0.15) is 51.1 Å². The molecular formula is C21H25N3O2. The Kier molecular flexibility index (Phi) is 4.53. The number of methoxy groups -OCH3 is 1. The molecule has 26 heavy (non-hydrogen) atoms. The van der Waals surface area contributed by atoms with Crippen molar-refractivity contribution in [2.75, 3.05) is 7.11 Å². The van der Waals surface area contributed by atoms with Crippen LogP contribution in [0.3, 0.4) is 0 Å². The number of benzene rings is 1. The molecule has 1 aliphatic carbocycles. The van der Waals surface area contributed by atoms with Gasteiger partial charge in [-0.1, -0.05) is 13.8 Å². The largest absolute Gasteiger partial charge is 0.493 e. The van der Waals surface area contributed by atoms with Crippen molar-refractivity contribution in [2.45, 2.75) is 51.6 Å². The SMILES string of the molecule is COc1ccc(-c2ccnc3cc(C(C)C)nn23)cc1OC1CCCC1. The van der Waals surface area contributed by atoms with Crippen molar-refractivity contribution in [1.82, 2.24) is 14.6 Å². The molecule has 0 bridgehead atoms. The van der Waals surface area contributed by atoms with Gasteiger partial charge in [-0.05, 0) is 55.9 Å². The molecule has 2 aromatic heterocycles. The molecule has 4 rings (SSSR count). The van der Waals surface area contributed by atoms with Gasteiger partial charge < -0.3 is 9.47 Å². The zero-order valence-corrected chi connectivity index (χ0v) is 15.6. The van der Waals surface area contributed by atoms with Gasteiger partial charge in [0.25, 0.3) is 0 Å². The van der Waals surface area contributed by atoms with E-state index >= 15 is 0 Å². The maximum atomic E-state index is 6.24. The summed E-state index contributed by atoms with van der Waals surface area (Å²) in [5.41, 5.74) is 3.95. The monoisotopic (exact) mass is 351 g/mol. The normalized spacial score (nSPS) is 15.1. The van der Waals surface area contributed by atoms with Crippen LogP contribution in [0, 0.1) is 0 Å². The van der Waals surface area contributed by atoms with E-state index in [4.69, 9.17) is 14.6 Å². The molecule has 5 heteroatoms. The lowest BCUT2D eigenvalue weighted by Gasteiger charge is -2.17. The lowest BCUT2D eigenvalue weighted by molar-refractivity contribution is 0.201. The second-order valence-electron chi connectivity index (χ2n) is 7.21. The third-order valence-electron chi connectivity index (χ3n) is 5.02. The zero-order chi connectivity index (χ0) is 18.1. The first-order valence-electron chi connectivity index (χ1n) is 9.35. The van der Waals surface area contributed by atoms with E-state index < -0.39 is 0 Å². The average molecular weight is 351 g/mol. The summed E-state index contributed by atoms with van der Waals surface area (Å²) >= 11 is 0. The van der Waals surface area contributed by atoms with Gasteiger partial charge in [-0.15, -0.1) is 0 Å². The first-order chi connectivity index (χ1) is 12.7. The van der Waals surface area contributed by atoms with Crippen LogP contribution in [0.25, 0.3) is 16.9 Å². The van der Waals surface area contributed by atoms with E-state index in [0.717, 1.165) is 46.9 Å². The van der Waals surface area contributed by atoms with Crippen molar-refractivity contribution in [1.29, 1.82) is 0 Å². The minimum Gasteiger partial charge on any atom is -0.493 e. The highest BCUT2D eigenvalue weighted by atomic mass is 16.5. The van der Waals surface area contributed by atoms with Gasteiger partial charge >= 0.3 is 0 Å². The van der Waals surface area contributed by atoms with Crippen molar-refractivity contribution < 1.29 is 9.47 Å². The molecule has 0 atom stereocenters. The van der Waals surface area contributed by atoms with Crippen LogP contribution in [-0.2, 0) is 0 Å². The van der Waals surface area contributed by atoms with Crippen molar-refractivity contribution in [2.24, 2.45) is 0 Å². The molecule has 5 nitrogen and oxygen atoms in total. The summed E-state index contributed by atoms with van der Waals surface area (Å²) in [6.45, 7) is 4.28. The average Bonchev–Trinajstić information content (AvgIpc) is 3.30. The predicted octanol–water partition coefficient (Wildman–Crippen LogP) is 4.85. The number of hydrogen-bond donors (Lipinski definition) is 0. The number of ether oxygens (including phenoxy) is 2. The highest BCUT2D eigenvalue weighted by molar-refractivity contribution is 5.66. The third kappa shape index (κ3) is 3.14. The predicted molar refractivity (Wildman–Crippen MR) is 102 cm³/mol. The van der Waals surface area contributed by atoms with E-state index in [-0.39, 0.29) is 6.10 Å². The molecular weight excluding hydrogens is 326 g/mol. The molecule has 1 fully saturated rings. The van der Waals surface area contributed by atoms with Gasteiger partial charge in [-0.2, -0.15) is 5.10 Å². The van der Waals surface area contributed by atoms with E-state index in [1.54, 1.807) is 7.11 Å². The summed E-state index contributed by atoms with van der Waals surface area (Å²) in [6, 6.07) is 10.1. The molecule has 0 N–H and O–H groups in total. The second kappa shape index (κ2) is 6.98. The lowest BCUT2D eigenvalue weighted by Crippen LogP contribution is -2.11. The smallest absolute Gasteiger partial charge is 0.162 e. The fourth-order valence-corrected chi connectivity index (χ4v) is 3.53. The van der Waals surface area contributed by atoms with Gasteiger partial charge in [0.05, 0.1) is 24.6 Å². The van der Waals surface area contributed by atoms with Crippen LogP contribution in [0.4, 0.5) is 0 Å². The number of nitrogens with zero attached hydrogens (tertiary/aromatic N) is 3. The standard InChI is InChI=1S/C21H25N3O2/c1-14(2)17-13-21-22-11-10-18(24(21)23-17)15-8-9-19(25-3)20(12-15)26-16-6-4-5-7-16/h8-14,16H,4-7H2,1-3H3. The number of hydrogen-bond acceptors (Lipinski definition) is 4. The summed E-state index contributed by atoms with van der Waals surface area (Å²) in [5.74, 6) is 1.94. The molecule has 0 spiro atoms. The Morgan fingerprint density at radius 3 is 2.62 bits per heavy atom. The molecule has 2 heterocycles. The Bertz CT molecular complexity index is 911. The highest BCUT2D eigenvalue weighted by Gasteiger charge is 2.19. The number of aromatic nitrogens is 3. The highest BCUT2D eigenvalue weighted by Crippen LogP contribution is 2.35. The van der Waals surface area contributed by atoms with Crippen LogP contribution in [0.5, 0.6) is 11.5 Å². The lowest BCUT2D eigenvalue weighted by atomic mass is 10.1. The summed E-state index contributed by atoms with van der Waals surface area (Å²) in [5, 5.41) is 4.75. The Morgan fingerprint density at radius 2 is 1.88 bits per heavy atom. The van der Waals surface area contributed by atoms with Gasteiger partial charge in [0.2, 0.25) is 0 Å². The van der Waals surface area contributed by atoms with Crippen LogP contribution in [0.15, 0.2) is 36.5 Å². The first kappa shape index (κ1) is 16.9. The first-order valence-corrected chi connectivity index (χ1v) is 9.35. The Morgan fingerprint density at radius 1 is 1.08 bits per heavy atom. The van der Waals surface area contributed by atoms with E-state index in [2.05, 4.69) is 24.9 Å². The van der Waals surface area contributed by atoms with Crippen molar-refractivity contribution in [3.05, 3.63) is 42.2 Å². The number of fused-ring (bicyclic) bond motifs is 1. The third-order valence-corrected chi connectivity index (χ3v) is 5.02. The van der Waals surface area contributed by atoms with E-state index in [1.807, 2.05) is 35.0 Å². The topological polar surface area (TPSA) is 48.7 Å². The molecule has 1 aromatic carbocycles. The summed E-state index contributed by atoms with van der Waals surface area (Å²) < 4.78 is 13.7. The molecule has 0 amide bonds. The Balaban J connectivity index is 1.76. The molecule has 1 aliphatic rings. The molecule has 0 saturated heterocycles. The summed E-state index contributed by atoms with van der Waals surface area (Å²) in [7, 11) is 1.68. The molecule has 3 aromatic rings. The maximum Gasteiger partial charge on any atom is 0.162 e. The van der Waals surface area contributed by atoms with Gasteiger partial charge in [-0.25, -0.2) is 9.50 Å². The van der Waals surface area contributed by atoms with Gasteiger partial charge in [0, 0.05) is 17.8 Å². The molecule has 0 unspecified atom stereocenters. The van der Waals surface area contributed by atoms with Crippen LogP contribution in [0.2, 0.25) is 0 Å². The van der Waals surface area contributed by atoms with E-state index in [0.29, 0.717) is 5.92 Å². The van der Waals surface area contributed by atoms with Crippen molar-refractivity contribution in [3.8, 4) is 22.8 Å². The Labute approximate surface area is 154 Å². The van der Waals surface area contributed by atoms with Crippen LogP contribution in [-0.4, -0.2) is 27.8 Å². The maximum absolute atomic E-state index is 6.24. The van der Waals surface area contributed by atoms with E-state index in [1.165, 1.54) is 12.8 Å². The van der Waals surface area contributed by atoms with Gasteiger partial charge in [0.1, 0.15) is 0 Å². The number of rotatable bonds is 5.